The van der Waals surface area contributed by atoms with E-state index in [2.05, 4.69) is 10.2 Å². The maximum absolute atomic E-state index is 13.4. The van der Waals surface area contributed by atoms with Crippen molar-refractivity contribution in [2.75, 3.05) is 24.6 Å². The number of fused-ring (bicyclic) bond motifs is 1. The molecule has 0 spiro atoms. The zero-order chi connectivity index (χ0) is 26.1. The summed E-state index contributed by atoms with van der Waals surface area (Å²) < 4.78 is 5.82. The first-order valence-corrected chi connectivity index (χ1v) is 12.5. The highest BCUT2D eigenvalue weighted by atomic mass is 16.5. The molecule has 1 atom stereocenters. The Hall–Kier alpha value is -4.21. The van der Waals surface area contributed by atoms with Gasteiger partial charge in [-0.1, -0.05) is 6.07 Å². The van der Waals surface area contributed by atoms with Crippen molar-refractivity contribution in [2.24, 2.45) is 11.7 Å². The van der Waals surface area contributed by atoms with Crippen molar-refractivity contribution in [3.8, 4) is 5.75 Å². The van der Waals surface area contributed by atoms with E-state index in [-0.39, 0.29) is 12.8 Å². The molecule has 5 rings (SSSR count). The van der Waals surface area contributed by atoms with Gasteiger partial charge in [0.15, 0.2) is 0 Å². The second kappa shape index (κ2) is 10.0. The summed E-state index contributed by atoms with van der Waals surface area (Å²) in [5, 5.41) is 2.23. The highest BCUT2D eigenvalue weighted by Crippen LogP contribution is 2.36. The van der Waals surface area contributed by atoms with Gasteiger partial charge >= 0.3 is 0 Å². The van der Waals surface area contributed by atoms with Crippen LogP contribution in [-0.2, 0) is 9.59 Å². The van der Waals surface area contributed by atoms with Gasteiger partial charge < -0.3 is 15.4 Å². The predicted molar refractivity (Wildman–Crippen MR) is 133 cm³/mol. The second-order valence-corrected chi connectivity index (χ2v) is 9.60. The number of primary amides is 1. The van der Waals surface area contributed by atoms with E-state index in [1.807, 2.05) is 6.07 Å². The number of anilines is 1. The Bertz CT molecular complexity index is 1270. The Kier molecular flexibility index (Phi) is 6.64. The maximum Gasteiger partial charge on any atom is 0.264 e. The van der Waals surface area contributed by atoms with Gasteiger partial charge in [0.2, 0.25) is 17.7 Å². The first-order chi connectivity index (χ1) is 17.8. The molecule has 0 bridgehead atoms. The summed E-state index contributed by atoms with van der Waals surface area (Å²) in [5.74, 6) is -1.32. The van der Waals surface area contributed by atoms with E-state index >= 15 is 0 Å². The van der Waals surface area contributed by atoms with Crippen LogP contribution in [0.25, 0.3) is 0 Å². The summed E-state index contributed by atoms with van der Waals surface area (Å²) in [5.41, 5.74) is 7.03. The van der Waals surface area contributed by atoms with E-state index in [0.717, 1.165) is 37.3 Å². The van der Waals surface area contributed by atoms with Gasteiger partial charge in [0.05, 0.1) is 23.4 Å². The molecule has 3 aliphatic rings. The molecule has 192 valence electrons. The van der Waals surface area contributed by atoms with Crippen molar-refractivity contribution in [3.63, 3.8) is 0 Å². The monoisotopic (exact) mass is 504 g/mol. The van der Waals surface area contributed by atoms with Crippen molar-refractivity contribution in [1.82, 2.24) is 10.2 Å². The molecule has 10 nitrogen and oxygen atoms in total. The number of piperidine rings is 2. The van der Waals surface area contributed by atoms with Gasteiger partial charge in [0.1, 0.15) is 11.8 Å². The number of ether oxygens (including phenoxy) is 1. The maximum atomic E-state index is 13.4. The van der Waals surface area contributed by atoms with Gasteiger partial charge in [-0.15, -0.1) is 0 Å². The summed E-state index contributed by atoms with van der Waals surface area (Å²) in [7, 11) is 0. The molecule has 2 aromatic carbocycles. The normalized spacial score (nSPS) is 20.2. The van der Waals surface area contributed by atoms with Gasteiger partial charge in [-0.2, -0.15) is 0 Å². The topological polar surface area (TPSA) is 139 Å². The number of hydrogen-bond acceptors (Lipinski definition) is 7. The molecule has 0 radical (unpaired) electrons. The van der Waals surface area contributed by atoms with E-state index < -0.39 is 35.6 Å². The van der Waals surface area contributed by atoms with Crippen LogP contribution in [0.15, 0.2) is 42.5 Å². The zero-order valence-corrected chi connectivity index (χ0v) is 20.3. The van der Waals surface area contributed by atoms with Crippen molar-refractivity contribution in [3.05, 3.63) is 59.2 Å². The Labute approximate surface area is 213 Å². The van der Waals surface area contributed by atoms with Gasteiger partial charge in [0.25, 0.3) is 11.8 Å². The third-order valence-corrected chi connectivity index (χ3v) is 7.33. The SMILES string of the molecule is NC(=O)c1ccc(OCCC2CCN(c3cccc4c3C(=O)N(C3CCC(=O)NC3=O)C4=O)CC2)cc1. The lowest BCUT2D eigenvalue weighted by molar-refractivity contribution is -0.136. The lowest BCUT2D eigenvalue weighted by atomic mass is 9.93. The molecule has 10 heteroatoms. The number of nitrogens with zero attached hydrogens (tertiary/aromatic N) is 2. The van der Waals surface area contributed by atoms with Gasteiger partial charge in [-0.25, -0.2) is 0 Å². The predicted octanol–water partition coefficient (Wildman–Crippen LogP) is 1.87. The van der Waals surface area contributed by atoms with E-state index in [0.29, 0.717) is 40.7 Å². The lowest BCUT2D eigenvalue weighted by Crippen LogP contribution is -2.54. The summed E-state index contributed by atoms with van der Waals surface area (Å²) in [6, 6.07) is 11.0. The standard InChI is InChI=1S/C27H28N4O6/c28-24(33)17-4-6-18(7-5-17)37-15-12-16-10-13-30(14-11-16)20-3-1-2-19-23(20)27(36)31(26(19)35)21-8-9-22(32)29-25(21)34/h1-7,16,21H,8-15H2,(H2,28,33)(H,29,32,34). The van der Waals surface area contributed by atoms with Gasteiger partial charge in [-0.3, -0.25) is 34.2 Å². The van der Waals surface area contributed by atoms with Crippen LogP contribution in [0.4, 0.5) is 5.69 Å². The number of carbonyl (C=O) groups excluding carboxylic acids is 5. The molecular formula is C27H28N4O6. The Morgan fingerprint density at radius 1 is 0.973 bits per heavy atom. The average Bonchev–Trinajstić information content (AvgIpc) is 3.15. The zero-order valence-electron chi connectivity index (χ0n) is 20.3. The molecule has 3 heterocycles. The number of hydrogen-bond donors (Lipinski definition) is 2. The molecule has 5 amide bonds. The van der Waals surface area contributed by atoms with Crippen LogP contribution in [0.1, 0.15) is 63.2 Å². The molecule has 0 aliphatic carbocycles. The Balaban J connectivity index is 1.20. The van der Waals surface area contributed by atoms with Crippen LogP contribution in [0.5, 0.6) is 5.75 Å². The van der Waals surface area contributed by atoms with Crippen LogP contribution in [0.2, 0.25) is 0 Å². The molecule has 3 aliphatic heterocycles. The van der Waals surface area contributed by atoms with E-state index in [1.165, 1.54) is 0 Å². The van der Waals surface area contributed by atoms with Crippen molar-refractivity contribution in [2.45, 2.75) is 38.1 Å². The molecule has 2 aromatic rings. The third-order valence-electron chi connectivity index (χ3n) is 7.33. The highest BCUT2D eigenvalue weighted by molar-refractivity contribution is 6.25. The Morgan fingerprint density at radius 2 is 1.70 bits per heavy atom. The van der Waals surface area contributed by atoms with Gasteiger partial charge in [0, 0.05) is 25.1 Å². The van der Waals surface area contributed by atoms with Crippen LogP contribution in [0.3, 0.4) is 0 Å². The molecule has 1 unspecified atom stereocenters. The second-order valence-electron chi connectivity index (χ2n) is 9.60. The third kappa shape index (κ3) is 4.78. The van der Waals surface area contributed by atoms with E-state index in [9.17, 15) is 24.0 Å². The fraction of sp³-hybridized carbons (Fsp3) is 0.370. The van der Waals surface area contributed by atoms with Crippen molar-refractivity contribution >= 4 is 35.2 Å². The van der Waals surface area contributed by atoms with Crippen molar-refractivity contribution in [1.29, 1.82) is 0 Å². The number of imide groups is 2. The number of amides is 5. The molecule has 2 saturated heterocycles. The molecular weight excluding hydrogens is 476 g/mol. The van der Waals surface area contributed by atoms with E-state index in [1.54, 1.807) is 36.4 Å². The van der Waals surface area contributed by atoms with E-state index in [4.69, 9.17) is 10.5 Å². The molecule has 2 fully saturated rings. The highest BCUT2D eigenvalue weighted by Gasteiger charge is 2.46. The van der Waals surface area contributed by atoms with Crippen LogP contribution in [-0.4, -0.2) is 60.2 Å². The van der Waals surface area contributed by atoms with Crippen molar-refractivity contribution < 1.29 is 28.7 Å². The number of nitrogens with one attached hydrogen (secondary N) is 1. The number of carbonyl (C=O) groups is 5. The minimum atomic E-state index is -0.976. The molecule has 3 N–H and O–H groups in total. The molecule has 0 aromatic heterocycles. The molecule has 0 saturated carbocycles. The van der Waals surface area contributed by atoms with Gasteiger partial charge in [-0.05, 0) is 68.0 Å². The summed E-state index contributed by atoms with van der Waals surface area (Å²) in [6.07, 6.45) is 2.92. The first kappa shape index (κ1) is 24.5. The van der Waals surface area contributed by atoms with Crippen LogP contribution >= 0.6 is 0 Å². The average molecular weight is 505 g/mol. The Morgan fingerprint density at radius 3 is 2.38 bits per heavy atom. The first-order valence-electron chi connectivity index (χ1n) is 12.5. The minimum Gasteiger partial charge on any atom is -0.494 e. The summed E-state index contributed by atoms with van der Waals surface area (Å²) >= 11 is 0. The van der Waals surface area contributed by atoms with Crippen LogP contribution in [0, 0.1) is 5.92 Å². The summed E-state index contributed by atoms with van der Waals surface area (Å²) in [6.45, 7) is 2.01. The van der Waals surface area contributed by atoms with Crippen LogP contribution < -0.4 is 20.7 Å². The number of benzene rings is 2. The lowest BCUT2D eigenvalue weighted by Gasteiger charge is -2.34. The smallest absolute Gasteiger partial charge is 0.264 e. The molecule has 37 heavy (non-hydrogen) atoms. The fourth-order valence-electron chi connectivity index (χ4n) is 5.28. The summed E-state index contributed by atoms with van der Waals surface area (Å²) in [4.78, 5) is 64.7. The quantitative estimate of drug-likeness (QED) is 0.549. The number of nitrogens with two attached hydrogens (primary N) is 1. The minimum absolute atomic E-state index is 0.0899. The largest absolute Gasteiger partial charge is 0.494 e. The fourth-order valence-corrected chi connectivity index (χ4v) is 5.28. The number of rotatable bonds is 7.